The van der Waals surface area contributed by atoms with Gasteiger partial charge in [-0.25, -0.2) is 0 Å². The SMILES string of the molecule is CC[C@@H](C)Oc1ccc(C(=O)Nc2ccc(OC)c(Br)c2)cc1. The number of benzene rings is 2. The predicted octanol–water partition coefficient (Wildman–Crippen LogP) is 4.89. The van der Waals surface area contributed by atoms with Crippen LogP contribution in [-0.2, 0) is 0 Å². The average molecular weight is 378 g/mol. The maximum Gasteiger partial charge on any atom is 0.255 e. The molecule has 0 radical (unpaired) electrons. The largest absolute Gasteiger partial charge is 0.496 e. The van der Waals surface area contributed by atoms with E-state index in [1.54, 1.807) is 37.4 Å². The molecule has 23 heavy (non-hydrogen) atoms. The lowest BCUT2D eigenvalue weighted by atomic mass is 10.2. The van der Waals surface area contributed by atoms with Gasteiger partial charge in [0.1, 0.15) is 11.5 Å². The molecule has 0 fully saturated rings. The normalized spacial score (nSPS) is 11.7. The molecule has 0 saturated carbocycles. The molecule has 0 unspecified atom stereocenters. The van der Waals surface area contributed by atoms with E-state index < -0.39 is 0 Å². The maximum absolute atomic E-state index is 12.3. The predicted molar refractivity (Wildman–Crippen MR) is 95.5 cm³/mol. The van der Waals surface area contributed by atoms with E-state index in [1.165, 1.54) is 0 Å². The molecule has 2 aromatic carbocycles. The molecule has 0 aromatic heterocycles. The third-order valence-electron chi connectivity index (χ3n) is 3.44. The lowest BCUT2D eigenvalue weighted by Crippen LogP contribution is -2.12. The second-order valence-electron chi connectivity index (χ2n) is 5.16. The first kappa shape index (κ1) is 17.3. The van der Waals surface area contributed by atoms with Crippen LogP contribution in [0.25, 0.3) is 0 Å². The summed E-state index contributed by atoms with van der Waals surface area (Å²) in [5.41, 5.74) is 1.27. The number of ether oxygens (including phenoxy) is 2. The fraction of sp³-hybridized carbons (Fsp3) is 0.278. The molecule has 1 N–H and O–H groups in total. The molecule has 2 rings (SSSR count). The summed E-state index contributed by atoms with van der Waals surface area (Å²) in [5, 5.41) is 2.86. The fourth-order valence-electron chi connectivity index (χ4n) is 1.95. The van der Waals surface area contributed by atoms with Gasteiger partial charge in [-0.05, 0) is 71.7 Å². The summed E-state index contributed by atoms with van der Waals surface area (Å²) in [6.07, 6.45) is 1.10. The lowest BCUT2D eigenvalue weighted by molar-refractivity contribution is 0.102. The van der Waals surface area contributed by atoms with Gasteiger partial charge in [-0.1, -0.05) is 6.92 Å². The summed E-state index contributed by atoms with van der Waals surface area (Å²) in [6.45, 7) is 4.08. The van der Waals surface area contributed by atoms with Gasteiger partial charge in [-0.2, -0.15) is 0 Å². The second kappa shape index (κ2) is 8.02. The zero-order valence-corrected chi connectivity index (χ0v) is 15.0. The molecule has 0 heterocycles. The number of nitrogens with one attached hydrogen (secondary N) is 1. The third-order valence-corrected chi connectivity index (χ3v) is 4.06. The van der Waals surface area contributed by atoms with Crippen LogP contribution < -0.4 is 14.8 Å². The lowest BCUT2D eigenvalue weighted by Gasteiger charge is -2.13. The monoisotopic (exact) mass is 377 g/mol. The van der Waals surface area contributed by atoms with Crippen LogP contribution in [0.15, 0.2) is 46.9 Å². The molecule has 5 heteroatoms. The van der Waals surface area contributed by atoms with Gasteiger partial charge in [0, 0.05) is 11.3 Å². The summed E-state index contributed by atoms with van der Waals surface area (Å²) in [4.78, 5) is 12.3. The highest BCUT2D eigenvalue weighted by molar-refractivity contribution is 9.10. The molecular formula is C18H20BrNO3. The molecule has 0 spiro atoms. The number of carbonyl (C=O) groups excluding carboxylic acids is 1. The highest BCUT2D eigenvalue weighted by Crippen LogP contribution is 2.28. The summed E-state index contributed by atoms with van der Waals surface area (Å²) in [6, 6.07) is 12.5. The van der Waals surface area contributed by atoms with E-state index >= 15 is 0 Å². The molecule has 0 aliphatic rings. The van der Waals surface area contributed by atoms with E-state index in [2.05, 4.69) is 28.2 Å². The molecule has 122 valence electrons. The van der Waals surface area contributed by atoms with Gasteiger partial charge in [0.05, 0.1) is 17.7 Å². The van der Waals surface area contributed by atoms with Crippen LogP contribution in [0.4, 0.5) is 5.69 Å². The van der Waals surface area contributed by atoms with E-state index in [-0.39, 0.29) is 12.0 Å². The molecule has 1 atom stereocenters. The van der Waals surface area contributed by atoms with Crippen molar-refractivity contribution in [2.75, 3.05) is 12.4 Å². The quantitative estimate of drug-likeness (QED) is 0.779. The van der Waals surface area contributed by atoms with Gasteiger partial charge in [0.15, 0.2) is 0 Å². The summed E-state index contributed by atoms with van der Waals surface area (Å²) < 4.78 is 11.7. The minimum absolute atomic E-state index is 0.159. The zero-order chi connectivity index (χ0) is 16.8. The van der Waals surface area contributed by atoms with Crippen LogP contribution in [0.3, 0.4) is 0 Å². The molecule has 0 saturated heterocycles. The minimum atomic E-state index is -0.169. The van der Waals surface area contributed by atoms with Crippen LogP contribution >= 0.6 is 15.9 Å². The van der Waals surface area contributed by atoms with Crippen molar-refractivity contribution in [3.05, 3.63) is 52.5 Å². The number of carbonyl (C=O) groups is 1. The number of halogens is 1. The Bertz CT molecular complexity index is 670. The highest BCUT2D eigenvalue weighted by atomic mass is 79.9. The van der Waals surface area contributed by atoms with Gasteiger partial charge >= 0.3 is 0 Å². The van der Waals surface area contributed by atoms with Gasteiger partial charge in [0.25, 0.3) is 5.91 Å². The van der Waals surface area contributed by atoms with Crippen molar-refractivity contribution in [3.63, 3.8) is 0 Å². The molecular weight excluding hydrogens is 358 g/mol. The maximum atomic E-state index is 12.3. The van der Waals surface area contributed by atoms with Gasteiger partial charge in [0.2, 0.25) is 0 Å². The third kappa shape index (κ3) is 4.73. The van der Waals surface area contributed by atoms with Gasteiger partial charge in [-0.15, -0.1) is 0 Å². The Morgan fingerprint density at radius 1 is 1.22 bits per heavy atom. The standard InChI is InChI=1S/C18H20BrNO3/c1-4-12(2)23-15-8-5-13(6-9-15)18(21)20-14-7-10-17(22-3)16(19)11-14/h5-12H,4H2,1-3H3,(H,20,21)/t12-/m1/s1. The van der Waals surface area contributed by atoms with Gasteiger partial charge < -0.3 is 14.8 Å². The van der Waals surface area contributed by atoms with Crippen molar-refractivity contribution in [2.45, 2.75) is 26.4 Å². The van der Waals surface area contributed by atoms with E-state index in [0.29, 0.717) is 11.3 Å². The number of hydrogen-bond acceptors (Lipinski definition) is 3. The van der Waals surface area contributed by atoms with Crippen LogP contribution in [0.2, 0.25) is 0 Å². The minimum Gasteiger partial charge on any atom is -0.496 e. The smallest absolute Gasteiger partial charge is 0.255 e. The Hall–Kier alpha value is -2.01. The van der Waals surface area contributed by atoms with E-state index in [0.717, 1.165) is 22.4 Å². The van der Waals surface area contributed by atoms with Crippen molar-refractivity contribution in [1.29, 1.82) is 0 Å². The topological polar surface area (TPSA) is 47.6 Å². The first-order valence-corrected chi connectivity index (χ1v) is 8.24. The average Bonchev–Trinajstić information content (AvgIpc) is 2.55. The van der Waals surface area contributed by atoms with Crippen LogP contribution in [-0.4, -0.2) is 19.1 Å². The Labute approximate surface area is 144 Å². The van der Waals surface area contributed by atoms with Gasteiger partial charge in [-0.3, -0.25) is 4.79 Å². The number of anilines is 1. The summed E-state index contributed by atoms with van der Waals surface area (Å²) in [7, 11) is 1.60. The number of amides is 1. The summed E-state index contributed by atoms with van der Waals surface area (Å²) >= 11 is 3.40. The van der Waals surface area contributed by atoms with Crippen LogP contribution in [0.1, 0.15) is 30.6 Å². The van der Waals surface area contributed by atoms with E-state index in [9.17, 15) is 4.79 Å². The van der Waals surface area contributed by atoms with Crippen molar-refractivity contribution >= 4 is 27.5 Å². The first-order chi connectivity index (χ1) is 11.0. The van der Waals surface area contributed by atoms with Crippen molar-refractivity contribution < 1.29 is 14.3 Å². The molecule has 0 aliphatic carbocycles. The molecule has 0 aliphatic heterocycles. The number of hydrogen-bond donors (Lipinski definition) is 1. The van der Waals surface area contributed by atoms with Crippen molar-refractivity contribution in [2.24, 2.45) is 0 Å². The van der Waals surface area contributed by atoms with E-state index in [1.807, 2.05) is 19.1 Å². The second-order valence-corrected chi connectivity index (χ2v) is 6.02. The van der Waals surface area contributed by atoms with Crippen LogP contribution in [0.5, 0.6) is 11.5 Å². The highest BCUT2D eigenvalue weighted by Gasteiger charge is 2.09. The molecule has 0 bridgehead atoms. The molecule has 4 nitrogen and oxygen atoms in total. The van der Waals surface area contributed by atoms with Crippen molar-refractivity contribution in [3.8, 4) is 11.5 Å². The first-order valence-electron chi connectivity index (χ1n) is 7.45. The fourth-order valence-corrected chi connectivity index (χ4v) is 2.49. The Kier molecular flexibility index (Phi) is 6.04. The van der Waals surface area contributed by atoms with E-state index in [4.69, 9.17) is 9.47 Å². The van der Waals surface area contributed by atoms with Crippen molar-refractivity contribution in [1.82, 2.24) is 0 Å². The molecule has 2 aromatic rings. The summed E-state index contributed by atoms with van der Waals surface area (Å²) in [5.74, 6) is 1.31. The number of methoxy groups -OCH3 is 1. The molecule has 1 amide bonds. The Morgan fingerprint density at radius 2 is 1.91 bits per heavy atom. The zero-order valence-electron chi connectivity index (χ0n) is 13.4. The Morgan fingerprint density at radius 3 is 2.48 bits per heavy atom. The number of rotatable bonds is 6. The Balaban J connectivity index is 2.04. The van der Waals surface area contributed by atoms with Crippen LogP contribution in [0, 0.1) is 0 Å².